The highest BCUT2D eigenvalue weighted by Gasteiger charge is 2.22. The number of hydrogen-bond acceptors (Lipinski definition) is 3. The Hall–Kier alpha value is -2.43. The molecule has 4 nitrogen and oxygen atoms in total. The molecule has 1 N–H and O–H groups in total. The number of nitrogens with one attached hydrogen (secondary N) is 1. The molecule has 3 rings (SSSR count). The van der Waals surface area contributed by atoms with Crippen LogP contribution in [0.3, 0.4) is 0 Å². The number of ether oxygens (including phenoxy) is 1. The fourth-order valence-corrected chi connectivity index (χ4v) is 1.91. The van der Waals surface area contributed by atoms with Crippen molar-refractivity contribution in [2.24, 2.45) is 5.92 Å². The van der Waals surface area contributed by atoms with Crippen molar-refractivity contribution < 1.29 is 13.9 Å². The lowest BCUT2D eigenvalue weighted by Gasteiger charge is -2.12. The number of pyridine rings is 1. The summed E-state index contributed by atoms with van der Waals surface area (Å²) in [7, 11) is 0. The van der Waals surface area contributed by atoms with E-state index in [4.69, 9.17) is 4.74 Å². The van der Waals surface area contributed by atoms with E-state index in [2.05, 4.69) is 10.3 Å². The van der Waals surface area contributed by atoms with E-state index in [0.29, 0.717) is 29.5 Å². The number of anilines is 1. The van der Waals surface area contributed by atoms with Crippen LogP contribution in [-0.4, -0.2) is 17.5 Å². The topological polar surface area (TPSA) is 51.2 Å². The van der Waals surface area contributed by atoms with Crippen LogP contribution in [0.4, 0.5) is 10.1 Å². The third-order valence-corrected chi connectivity index (χ3v) is 3.28. The number of rotatable bonds is 5. The van der Waals surface area contributed by atoms with Gasteiger partial charge in [0.05, 0.1) is 17.9 Å². The first kappa shape index (κ1) is 13.5. The largest absolute Gasteiger partial charge is 0.491 e. The summed E-state index contributed by atoms with van der Waals surface area (Å²) in [6.07, 6.45) is 5.37. The predicted molar refractivity (Wildman–Crippen MR) is 76.8 cm³/mol. The summed E-state index contributed by atoms with van der Waals surface area (Å²) in [6.45, 7) is 0.599. The lowest BCUT2D eigenvalue weighted by atomic mass is 10.2. The van der Waals surface area contributed by atoms with Crippen molar-refractivity contribution in [3.8, 4) is 5.75 Å². The van der Waals surface area contributed by atoms with Crippen molar-refractivity contribution in [2.45, 2.75) is 12.8 Å². The minimum absolute atomic E-state index is 0.338. The molecule has 1 fully saturated rings. The van der Waals surface area contributed by atoms with Crippen LogP contribution in [-0.2, 0) is 0 Å². The molecule has 0 bridgehead atoms. The summed E-state index contributed by atoms with van der Waals surface area (Å²) in [4.78, 5) is 16.0. The standard InChI is InChI=1S/C16H15FN2O2/c17-13-5-6-15(21-10-11-3-4-11)14(8-13)19-16(20)12-2-1-7-18-9-12/h1-2,5-9,11H,3-4,10H2,(H,19,20). The van der Waals surface area contributed by atoms with E-state index in [1.165, 1.54) is 37.2 Å². The average Bonchev–Trinajstić information content (AvgIpc) is 3.31. The zero-order valence-corrected chi connectivity index (χ0v) is 11.4. The van der Waals surface area contributed by atoms with Crippen molar-refractivity contribution >= 4 is 11.6 Å². The minimum atomic E-state index is -0.421. The highest BCUT2D eigenvalue weighted by molar-refractivity contribution is 6.04. The summed E-state index contributed by atoms with van der Waals surface area (Å²) < 4.78 is 19.0. The lowest BCUT2D eigenvalue weighted by Crippen LogP contribution is -2.13. The second-order valence-corrected chi connectivity index (χ2v) is 5.09. The monoisotopic (exact) mass is 286 g/mol. The van der Waals surface area contributed by atoms with Crippen molar-refractivity contribution in [1.82, 2.24) is 4.98 Å². The molecule has 1 aromatic heterocycles. The summed E-state index contributed by atoms with van der Waals surface area (Å²) in [5.74, 6) is 0.303. The van der Waals surface area contributed by atoms with E-state index >= 15 is 0 Å². The maximum absolute atomic E-state index is 13.4. The summed E-state index contributed by atoms with van der Waals surface area (Å²) in [5, 5.41) is 2.67. The van der Waals surface area contributed by atoms with Gasteiger partial charge in [0.25, 0.3) is 5.91 Å². The number of nitrogens with zero attached hydrogens (tertiary/aromatic N) is 1. The summed E-state index contributed by atoms with van der Waals surface area (Å²) in [5.41, 5.74) is 0.749. The number of benzene rings is 1. The first-order valence-electron chi connectivity index (χ1n) is 6.86. The average molecular weight is 286 g/mol. The van der Waals surface area contributed by atoms with Gasteiger partial charge in [-0.15, -0.1) is 0 Å². The quantitative estimate of drug-likeness (QED) is 0.917. The summed E-state index contributed by atoms with van der Waals surface area (Å²) >= 11 is 0. The molecule has 0 spiro atoms. The zero-order valence-electron chi connectivity index (χ0n) is 11.4. The molecule has 108 valence electrons. The maximum atomic E-state index is 13.4. The van der Waals surface area contributed by atoms with Crippen molar-refractivity contribution in [2.75, 3.05) is 11.9 Å². The van der Waals surface area contributed by atoms with Crippen LogP contribution in [0.5, 0.6) is 5.75 Å². The molecule has 1 aromatic carbocycles. The SMILES string of the molecule is O=C(Nc1cc(F)ccc1OCC1CC1)c1cccnc1. The van der Waals surface area contributed by atoms with Crippen LogP contribution >= 0.6 is 0 Å². The molecule has 0 unspecified atom stereocenters. The van der Waals surface area contributed by atoms with E-state index in [9.17, 15) is 9.18 Å². The van der Waals surface area contributed by atoms with Gasteiger partial charge in [0.1, 0.15) is 11.6 Å². The van der Waals surface area contributed by atoms with Crippen molar-refractivity contribution in [1.29, 1.82) is 0 Å². The molecule has 1 aliphatic carbocycles. The number of hydrogen-bond donors (Lipinski definition) is 1. The zero-order chi connectivity index (χ0) is 14.7. The van der Waals surface area contributed by atoms with Gasteiger partial charge in [-0.2, -0.15) is 0 Å². The van der Waals surface area contributed by atoms with Gasteiger partial charge in [-0.3, -0.25) is 9.78 Å². The molecular formula is C16H15FN2O2. The number of carbonyl (C=O) groups excluding carboxylic acids is 1. The first-order valence-corrected chi connectivity index (χ1v) is 6.86. The number of halogens is 1. The molecule has 1 aliphatic rings. The van der Waals surface area contributed by atoms with Crippen LogP contribution < -0.4 is 10.1 Å². The molecule has 1 amide bonds. The Bertz CT molecular complexity index is 642. The molecule has 0 atom stereocenters. The molecule has 0 aliphatic heterocycles. The maximum Gasteiger partial charge on any atom is 0.257 e. The van der Waals surface area contributed by atoms with Crippen molar-refractivity contribution in [3.63, 3.8) is 0 Å². The van der Waals surface area contributed by atoms with Gasteiger partial charge < -0.3 is 10.1 Å². The number of aromatic nitrogens is 1. The molecule has 5 heteroatoms. The number of carbonyl (C=O) groups is 1. The van der Waals surface area contributed by atoms with Crippen LogP contribution in [0.1, 0.15) is 23.2 Å². The van der Waals surface area contributed by atoms with Gasteiger partial charge in [0.15, 0.2) is 0 Å². The predicted octanol–water partition coefficient (Wildman–Crippen LogP) is 3.26. The smallest absolute Gasteiger partial charge is 0.257 e. The second kappa shape index (κ2) is 5.91. The second-order valence-electron chi connectivity index (χ2n) is 5.09. The fourth-order valence-electron chi connectivity index (χ4n) is 1.91. The number of amides is 1. The lowest BCUT2D eigenvalue weighted by molar-refractivity contribution is 0.102. The first-order chi connectivity index (χ1) is 10.2. The molecule has 0 radical (unpaired) electrons. The van der Waals surface area contributed by atoms with Gasteiger partial charge in [-0.25, -0.2) is 4.39 Å². The van der Waals surface area contributed by atoms with Crippen LogP contribution in [0, 0.1) is 11.7 Å². The molecular weight excluding hydrogens is 271 g/mol. The summed E-state index contributed by atoms with van der Waals surface area (Å²) in [6, 6.07) is 7.44. The van der Waals surface area contributed by atoms with Gasteiger partial charge >= 0.3 is 0 Å². The molecule has 1 heterocycles. The van der Waals surface area contributed by atoms with Crippen molar-refractivity contribution in [3.05, 3.63) is 54.1 Å². The van der Waals surface area contributed by atoms with E-state index in [0.717, 1.165) is 0 Å². The van der Waals surface area contributed by atoms with E-state index in [1.54, 1.807) is 18.3 Å². The third kappa shape index (κ3) is 3.56. The van der Waals surface area contributed by atoms with Gasteiger partial charge in [-0.05, 0) is 43.0 Å². The Morgan fingerprint density at radius 2 is 2.24 bits per heavy atom. The normalized spacial score (nSPS) is 13.8. The van der Waals surface area contributed by atoms with E-state index in [1.807, 2.05) is 0 Å². The Morgan fingerprint density at radius 1 is 1.38 bits per heavy atom. The highest BCUT2D eigenvalue weighted by atomic mass is 19.1. The highest BCUT2D eigenvalue weighted by Crippen LogP contribution is 2.32. The Labute approximate surface area is 122 Å². The Balaban J connectivity index is 1.76. The Morgan fingerprint density at radius 3 is 2.95 bits per heavy atom. The molecule has 2 aromatic rings. The van der Waals surface area contributed by atoms with Gasteiger partial charge in [-0.1, -0.05) is 0 Å². The molecule has 0 saturated heterocycles. The van der Waals surface area contributed by atoms with E-state index < -0.39 is 5.82 Å². The Kier molecular flexibility index (Phi) is 3.81. The fraction of sp³-hybridized carbons (Fsp3) is 0.250. The van der Waals surface area contributed by atoms with Crippen LogP contribution in [0.2, 0.25) is 0 Å². The van der Waals surface area contributed by atoms with Crippen LogP contribution in [0.15, 0.2) is 42.7 Å². The minimum Gasteiger partial charge on any atom is -0.491 e. The van der Waals surface area contributed by atoms with Gasteiger partial charge in [0, 0.05) is 18.5 Å². The van der Waals surface area contributed by atoms with Gasteiger partial charge in [0.2, 0.25) is 0 Å². The molecule has 21 heavy (non-hydrogen) atoms. The molecule has 1 saturated carbocycles. The van der Waals surface area contributed by atoms with E-state index in [-0.39, 0.29) is 5.91 Å². The third-order valence-electron chi connectivity index (χ3n) is 3.28. The van der Waals surface area contributed by atoms with Crippen LogP contribution in [0.25, 0.3) is 0 Å².